The summed E-state index contributed by atoms with van der Waals surface area (Å²) in [5.74, 6) is -0.215. The average molecular weight is 351 g/mol. The van der Waals surface area contributed by atoms with Crippen molar-refractivity contribution in [2.45, 2.75) is 63.8 Å². The van der Waals surface area contributed by atoms with E-state index in [1.165, 1.54) is 19.3 Å². The van der Waals surface area contributed by atoms with E-state index in [2.05, 4.69) is 10.6 Å². The third-order valence-corrected chi connectivity index (χ3v) is 4.90. The Kier molecular flexibility index (Phi) is 6.67. The smallest absolute Gasteiger partial charge is 0.239 e. The maximum Gasteiger partial charge on any atom is 0.239 e. The normalized spacial score (nSPS) is 15.8. The van der Waals surface area contributed by atoms with Gasteiger partial charge in [0.05, 0.1) is 6.54 Å². The number of benzene rings is 1. The fraction of sp³-hybridized carbons (Fsp3) is 0.579. The Morgan fingerprint density at radius 3 is 2.33 bits per heavy atom. The molecule has 4 nitrogen and oxygen atoms in total. The van der Waals surface area contributed by atoms with Crippen LogP contribution in [0.5, 0.6) is 0 Å². The van der Waals surface area contributed by atoms with Gasteiger partial charge in [-0.05, 0) is 36.0 Å². The quantitative estimate of drug-likeness (QED) is 0.824. The molecule has 1 aliphatic rings. The molecule has 0 saturated heterocycles. The van der Waals surface area contributed by atoms with E-state index in [1.54, 1.807) is 0 Å². The lowest BCUT2D eigenvalue weighted by Crippen LogP contribution is -2.43. The Morgan fingerprint density at radius 1 is 1.08 bits per heavy atom. The number of amides is 2. The fourth-order valence-corrected chi connectivity index (χ4v) is 3.30. The first kappa shape index (κ1) is 18.8. The van der Waals surface area contributed by atoms with Crippen LogP contribution in [0.15, 0.2) is 24.3 Å². The van der Waals surface area contributed by atoms with Crippen LogP contribution in [0.3, 0.4) is 0 Å². The number of nitrogens with one attached hydrogen (secondary N) is 2. The fourth-order valence-electron chi connectivity index (χ4n) is 3.17. The summed E-state index contributed by atoms with van der Waals surface area (Å²) in [7, 11) is 0. The number of rotatable bonds is 6. The Morgan fingerprint density at radius 2 is 1.71 bits per heavy atom. The third kappa shape index (κ3) is 5.82. The van der Waals surface area contributed by atoms with Gasteiger partial charge < -0.3 is 10.6 Å². The minimum Gasteiger partial charge on any atom is -0.352 e. The Hall–Kier alpha value is -1.55. The van der Waals surface area contributed by atoms with Gasteiger partial charge in [-0.2, -0.15) is 0 Å². The molecule has 0 heterocycles. The molecule has 0 atom stereocenters. The van der Waals surface area contributed by atoms with Crippen molar-refractivity contribution < 1.29 is 9.59 Å². The van der Waals surface area contributed by atoms with Crippen LogP contribution < -0.4 is 10.6 Å². The lowest BCUT2D eigenvalue weighted by Gasteiger charge is -2.25. The van der Waals surface area contributed by atoms with Crippen LogP contribution in [0.1, 0.15) is 57.9 Å². The highest BCUT2D eigenvalue weighted by atomic mass is 35.5. The Bertz CT molecular complexity index is 563. The van der Waals surface area contributed by atoms with Crippen molar-refractivity contribution in [3.63, 3.8) is 0 Å². The molecule has 0 bridgehead atoms. The average Bonchev–Trinajstić information content (AvgIpc) is 2.54. The molecule has 2 N–H and O–H groups in total. The van der Waals surface area contributed by atoms with E-state index < -0.39 is 0 Å². The number of halogens is 1. The molecule has 5 heteroatoms. The summed E-state index contributed by atoms with van der Waals surface area (Å²) in [6.45, 7) is 4.07. The molecule has 24 heavy (non-hydrogen) atoms. The zero-order chi connectivity index (χ0) is 17.6. The van der Waals surface area contributed by atoms with Gasteiger partial charge in [0, 0.05) is 17.5 Å². The summed E-state index contributed by atoms with van der Waals surface area (Å²) >= 11 is 5.91. The first-order chi connectivity index (χ1) is 11.4. The van der Waals surface area contributed by atoms with E-state index in [0.717, 1.165) is 18.4 Å². The highest BCUT2D eigenvalue weighted by Gasteiger charge is 2.24. The van der Waals surface area contributed by atoms with E-state index in [-0.39, 0.29) is 29.8 Å². The van der Waals surface area contributed by atoms with Gasteiger partial charge >= 0.3 is 0 Å². The Balaban J connectivity index is 1.77. The summed E-state index contributed by atoms with van der Waals surface area (Å²) in [4.78, 5) is 24.1. The van der Waals surface area contributed by atoms with Crippen LogP contribution in [-0.4, -0.2) is 24.4 Å². The van der Waals surface area contributed by atoms with Crippen LogP contribution in [0, 0.1) is 0 Å². The summed E-state index contributed by atoms with van der Waals surface area (Å²) in [6, 6.07) is 7.80. The van der Waals surface area contributed by atoms with Gasteiger partial charge in [-0.25, -0.2) is 0 Å². The molecule has 2 amide bonds. The van der Waals surface area contributed by atoms with Crippen molar-refractivity contribution in [1.29, 1.82) is 0 Å². The Labute approximate surface area is 149 Å². The number of carbonyl (C=O) groups is 2. The van der Waals surface area contributed by atoms with Gasteiger partial charge in [0.2, 0.25) is 11.8 Å². The molecule has 1 aromatic carbocycles. The van der Waals surface area contributed by atoms with Crippen molar-refractivity contribution >= 4 is 23.4 Å². The zero-order valence-corrected chi connectivity index (χ0v) is 15.3. The molecule has 0 unspecified atom stereocenters. The van der Waals surface area contributed by atoms with Gasteiger partial charge in [0.25, 0.3) is 0 Å². The summed E-state index contributed by atoms with van der Waals surface area (Å²) in [5, 5.41) is 6.42. The van der Waals surface area contributed by atoms with Crippen LogP contribution >= 0.6 is 11.6 Å². The third-order valence-electron chi connectivity index (χ3n) is 4.64. The molecule has 0 aromatic heterocycles. The molecule has 1 fully saturated rings. The molecule has 1 aromatic rings. The molecule has 2 rings (SSSR count). The van der Waals surface area contributed by atoms with Gasteiger partial charge in [-0.15, -0.1) is 0 Å². The molecule has 0 spiro atoms. The van der Waals surface area contributed by atoms with Gasteiger partial charge in [0.15, 0.2) is 0 Å². The second-order valence-corrected chi connectivity index (χ2v) is 7.68. The highest BCUT2D eigenvalue weighted by molar-refractivity contribution is 6.30. The number of hydrogen-bond acceptors (Lipinski definition) is 2. The molecular formula is C19H27ClN2O2. The van der Waals surface area contributed by atoms with Crippen molar-refractivity contribution in [3.8, 4) is 0 Å². The standard InChI is InChI=1S/C19H27ClN2O2/c1-19(2,14-8-10-15(20)11-9-14)12-17(23)21-13-18(24)22-16-6-4-3-5-7-16/h8-11,16H,3-7,12-13H2,1-2H3,(H,21,23)(H,22,24). The largest absolute Gasteiger partial charge is 0.352 e. The van der Waals surface area contributed by atoms with Crippen molar-refractivity contribution in [3.05, 3.63) is 34.9 Å². The second kappa shape index (κ2) is 8.52. The summed E-state index contributed by atoms with van der Waals surface area (Å²) in [5.41, 5.74) is 0.739. The van der Waals surface area contributed by atoms with Gasteiger partial charge in [0.1, 0.15) is 0 Å². The molecule has 132 valence electrons. The van der Waals surface area contributed by atoms with Crippen molar-refractivity contribution in [2.75, 3.05) is 6.54 Å². The number of hydrogen-bond donors (Lipinski definition) is 2. The summed E-state index contributed by atoms with van der Waals surface area (Å²) < 4.78 is 0. The monoisotopic (exact) mass is 350 g/mol. The zero-order valence-electron chi connectivity index (χ0n) is 14.5. The van der Waals surface area contributed by atoms with Crippen LogP contribution in [0.2, 0.25) is 5.02 Å². The van der Waals surface area contributed by atoms with E-state index >= 15 is 0 Å². The molecule has 1 aliphatic carbocycles. The lowest BCUT2D eigenvalue weighted by atomic mass is 9.81. The predicted molar refractivity (Wildman–Crippen MR) is 97.1 cm³/mol. The minimum atomic E-state index is -0.311. The van der Waals surface area contributed by atoms with Crippen molar-refractivity contribution in [1.82, 2.24) is 10.6 Å². The molecule has 1 saturated carbocycles. The molecule has 0 aliphatic heterocycles. The van der Waals surface area contributed by atoms with Crippen LogP contribution in [0.4, 0.5) is 0 Å². The SMILES string of the molecule is CC(C)(CC(=O)NCC(=O)NC1CCCCC1)c1ccc(Cl)cc1. The van der Waals surface area contributed by atoms with Gasteiger partial charge in [-0.3, -0.25) is 9.59 Å². The van der Waals surface area contributed by atoms with Crippen molar-refractivity contribution in [2.24, 2.45) is 0 Å². The van der Waals surface area contributed by atoms with Crippen LogP contribution in [0.25, 0.3) is 0 Å². The van der Waals surface area contributed by atoms with E-state index in [1.807, 2.05) is 38.1 Å². The van der Waals surface area contributed by atoms with E-state index in [4.69, 9.17) is 11.6 Å². The topological polar surface area (TPSA) is 58.2 Å². The maximum atomic E-state index is 12.2. The minimum absolute atomic E-state index is 0.0476. The first-order valence-electron chi connectivity index (χ1n) is 8.69. The summed E-state index contributed by atoms with van der Waals surface area (Å²) in [6.07, 6.45) is 6.01. The molecule has 0 radical (unpaired) electrons. The highest BCUT2D eigenvalue weighted by Crippen LogP contribution is 2.27. The van der Waals surface area contributed by atoms with Gasteiger partial charge in [-0.1, -0.05) is 56.8 Å². The molecular weight excluding hydrogens is 324 g/mol. The van der Waals surface area contributed by atoms with E-state index in [0.29, 0.717) is 11.4 Å². The predicted octanol–water partition coefficient (Wildman–Crippen LogP) is 3.57. The van der Waals surface area contributed by atoms with Crippen LogP contribution in [-0.2, 0) is 15.0 Å². The first-order valence-corrected chi connectivity index (χ1v) is 9.07. The lowest BCUT2D eigenvalue weighted by molar-refractivity contribution is -0.127. The van der Waals surface area contributed by atoms with E-state index in [9.17, 15) is 9.59 Å². The maximum absolute atomic E-state index is 12.2. The number of carbonyl (C=O) groups excluding carboxylic acids is 2. The second-order valence-electron chi connectivity index (χ2n) is 7.25.